The van der Waals surface area contributed by atoms with Crippen molar-refractivity contribution in [1.29, 1.82) is 0 Å². The van der Waals surface area contributed by atoms with Gasteiger partial charge >= 0.3 is 0 Å². The molecule has 0 saturated heterocycles. The van der Waals surface area contributed by atoms with Gasteiger partial charge in [-0.05, 0) is 37.1 Å². The summed E-state index contributed by atoms with van der Waals surface area (Å²) in [5.74, 6) is 0.230. The molecule has 0 aliphatic heterocycles. The number of aryl methyl sites for hydroxylation is 1. The Hall–Kier alpha value is -0.690. The Labute approximate surface area is 92.7 Å². The lowest BCUT2D eigenvalue weighted by Gasteiger charge is -2.02. The van der Waals surface area contributed by atoms with Crippen molar-refractivity contribution < 1.29 is 5.11 Å². The van der Waals surface area contributed by atoms with Crippen molar-refractivity contribution >= 4 is 11.6 Å². The van der Waals surface area contributed by atoms with Crippen molar-refractivity contribution in [2.24, 2.45) is 0 Å². The number of hydrogen-bond donors (Lipinski definition) is 1. The quantitative estimate of drug-likeness (QED) is 0.666. The number of rotatable bonds is 0. The van der Waals surface area contributed by atoms with Gasteiger partial charge in [0.1, 0.15) is 5.75 Å². The number of benzene rings is 1. The average molecular weight is 217 g/mol. The smallest absolute Gasteiger partial charge is 0.117 e. The predicted octanol–water partition coefficient (Wildman–Crippen LogP) is 4.71. The molecule has 1 nitrogen and oxygen atoms in total. The number of halogens is 1. The molecule has 0 amide bonds. The molecule has 14 heavy (non-hydrogen) atoms. The highest BCUT2D eigenvalue weighted by Gasteiger charge is 1.99. The van der Waals surface area contributed by atoms with Crippen molar-refractivity contribution in [3.63, 3.8) is 0 Å². The van der Waals surface area contributed by atoms with Crippen LogP contribution in [-0.2, 0) is 0 Å². The van der Waals surface area contributed by atoms with Crippen LogP contribution in [0, 0.1) is 13.8 Å². The van der Waals surface area contributed by atoms with Gasteiger partial charge in [0.15, 0.2) is 0 Å². The van der Waals surface area contributed by atoms with Crippen molar-refractivity contribution in [2.75, 3.05) is 0 Å². The molecule has 0 aliphatic carbocycles. The lowest BCUT2D eigenvalue weighted by atomic mass is 10.1. The van der Waals surface area contributed by atoms with Crippen LogP contribution in [0.4, 0.5) is 0 Å². The third-order valence-electron chi connectivity index (χ3n) is 1.59. The summed E-state index contributed by atoms with van der Waals surface area (Å²) in [5.41, 5.74) is 2.05. The molecule has 2 heteroatoms. The van der Waals surface area contributed by atoms with E-state index in [1.165, 1.54) is 0 Å². The molecule has 1 N–H and O–H groups in total. The first kappa shape index (κ1) is 15.8. The van der Waals surface area contributed by atoms with Gasteiger partial charge in [-0.2, -0.15) is 0 Å². The first-order valence-electron chi connectivity index (χ1n) is 5.07. The molecule has 0 spiro atoms. The Morgan fingerprint density at radius 1 is 1.00 bits per heavy atom. The van der Waals surface area contributed by atoms with Crippen LogP contribution < -0.4 is 0 Å². The summed E-state index contributed by atoms with van der Waals surface area (Å²) >= 11 is 5.76. The van der Waals surface area contributed by atoms with Gasteiger partial charge in [-0.15, -0.1) is 0 Å². The molecule has 0 aliphatic rings. The van der Waals surface area contributed by atoms with E-state index in [1.54, 1.807) is 12.1 Å². The molecule has 1 aromatic carbocycles. The van der Waals surface area contributed by atoms with E-state index < -0.39 is 0 Å². The SMILES string of the molecule is CC.CC.Cc1cc(O)cc(Cl)c1C. The van der Waals surface area contributed by atoms with E-state index in [0.29, 0.717) is 5.02 Å². The van der Waals surface area contributed by atoms with Gasteiger partial charge in [0.2, 0.25) is 0 Å². The molecule has 0 heterocycles. The Morgan fingerprint density at radius 3 is 1.79 bits per heavy atom. The predicted molar refractivity (Wildman–Crippen MR) is 65.3 cm³/mol. The highest BCUT2D eigenvalue weighted by Crippen LogP contribution is 2.24. The summed E-state index contributed by atoms with van der Waals surface area (Å²) < 4.78 is 0. The van der Waals surface area contributed by atoms with Crippen LogP contribution in [0.2, 0.25) is 5.02 Å². The maximum Gasteiger partial charge on any atom is 0.117 e. The molecule has 0 radical (unpaired) electrons. The molecule has 82 valence electrons. The summed E-state index contributed by atoms with van der Waals surface area (Å²) in [6.45, 7) is 11.8. The zero-order chi connectivity index (χ0) is 11.7. The number of hydrogen-bond acceptors (Lipinski definition) is 1. The van der Waals surface area contributed by atoms with E-state index in [-0.39, 0.29) is 5.75 Å². The van der Waals surface area contributed by atoms with Gasteiger partial charge in [0, 0.05) is 5.02 Å². The summed E-state index contributed by atoms with van der Waals surface area (Å²) in [7, 11) is 0. The minimum Gasteiger partial charge on any atom is -0.508 e. The van der Waals surface area contributed by atoms with E-state index in [9.17, 15) is 0 Å². The fourth-order valence-corrected chi connectivity index (χ4v) is 1.06. The zero-order valence-corrected chi connectivity index (χ0v) is 10.7. The normalized spacial score (nSPS) is 7.93. The Morgan fingerprint density at radius 2 is 1.43 bits per heavy atom. The fourth-order valence-electron chi connectivity index (χ4n) is 0.798. The van der Waals surface area contributed by atoms with Crippen molar-refractivity contribution in [3.8, 4) is 5.75 Å². The third-order valence-corrected chi connectivity index (χ3v) is 1.98. The van der Waals surface area contributed by atoms with Crippen LogP contribution in [-0.4, -0.2) is 5.11 Å². The minimum absolute atomic E-state index is 0.230. The lowest BCUT2D eigenvalue weighted by molar-refractivity contribution is 0.475. The van der Waals surface area contributed by atoms with Crippen molar-refractivity contribution in [3.05, 3.63) is 28.3 Å². The van der Waals surface area contributed by atoms with E-state index >= 15 is 0 Å². The molecule has 0 bridgehead atoms. The molecule has 0 aromatic heterocycles. The standard InChI is InChI=1S/C8H9ClO.2C2H6/c1-5-3-7(10)4-8(9)6(5)2;2*1-2/h3-4,10H,1-2H3;2*1-2H3. The van der Waals surface area contributed by atoms with E-state index in [4.69, 9.17) is 16.7 Å². The highest BCUT2D eigenvalue weighted by atomic mass is 35.5. The van der Waals surface area contributed by atoms with Crippen LogP contribution in [0.1, 0.15) is 38.8 Å². The lowest BCUT2D eigenvalue weighted by Crippen LogP contribution is -1.80. The number of phenols is 1. The maximum absolute atomic E-state index is 9.03. The Bertz CT molecular complexity index is 233. The van der Waals surface area contributed by atoms with Gasteiger partial charge in [-0.25, -0.2) is 0 Å². The van der Waals surface area contributed by atoms with E-state index in [1.807, 2.05) is 41.5 Å². The summed E-state index contributed by atoms with van der Waals surface area (Å²) in [4.78, 5) is 0. The first-order chi connectivity index (χ1) is 6.61. The highest BCUT2D eigenvalue weighted by molar-refractivity contribution is 6.31. The topological polar surface area (TPSA) is 20.2 Å². The third kappa shape index (κ3) is 5.13. The second-order valence-electron chi connectivity index (χ2n) is 2.37. The van der Waals surface area contributed by atoms with Crippen LogP contribution in [0.25, 0.3) is 0 Å². The van der Waals surface area contributed by atoms with Crippen LogP contribution in [0.5, 0.6) is 5.75 Å². The van der Waals surface area contributed by atoms with Gasteiger partial charge in [0.05, 0.1) is 0 Å². The summed E-state index contributed by atoms with van der Waals surface area (Å²) in [5, 5.41) is 9.66. The summed E-state index contributed by atoms with van der Waals surface area (Å²) in [6, 6.07) is 3.24. The van der Waals surface area contributed by atoms with Gasteiger partial charge in [-0.3, -0.25) is 0 Å². The van der Waals surface area contributed by atoms with Crippen LogP contribution >= 0.6 is 11.6 Å². The molecular formula is C12H21ClO. The maximum atomic E-state index is 9.03. The molecule has 0 fully saturated rings. The molecule has 0 unspecified atom stereocenters. The summed E-state index contributed by atoms with van der Waals surface area (Å²) in [6.07, 6.45) is 0. The molecule has 1 rings (SSSR count). The van der Waals surface area contributed by atoms with E-state index in [0.717, 1.165) is 11.1 Å². The largest absolute Gasteiger partial charge is 0.508 e. The Balaban J connectivity index is 0. The average Bonchev–Trinajstić information content (AvgIpc) is 2.20. The van der Waals surface area contributed by atoms with Crippen molar-refractivity contribution in [2.45, 2.75) is 41.5 Å². The monoisotopic (exact) mass is 216 g/mol. The fraction of sp³-hybridized carbons (Fsp3) is 0.500. The molecule has 0 atom stereocenters. The van der Waals surface area contributed by atoms with Crippen molar-refractivity contribution in [1.82, 2.24) is 0 Å². The number of phenolic OH excluding ortho intramolecular Hbond substituents is 1. The van der Waals surface area contributed by atoms with Gasteiger partial charge in [-0.1, -0.05) is 39.3 Å². The molecule has 1 aromatic rings. The van der Waals surface area contributed by atoms with E-state index in [2.05, 4.69) is 0 Å². The minimum atomic E-state index is 0.230. The van der Waals surface area contributed by atoms with Gasteiger partial charge < -0.3 is 5.11 Å². The second kappa shape index (κ2) is 8.89. The zero-order valence-electron chi connectivity index (χ0n) is 9.98. The molecular weight excluding hydrogens is 196 g/mol. The Kier molecular flexibility index (Phi) is 10.0. The van der Waals surface area contributed by atoms with Crippen LogP contribution in [0.15, 0.2) is 12.1 Å². The van der Waals surface area contributed by atoms with Gasteiger partial charge in [0.25, 0.3) is 0 Å². The second-order valence-corrected chi connectivity index (χ2v) is 2.78. The van der Waals surface area contributed by atoms with Crippen LogP contribution in [0.3, 0.4) is 0 Å². The first-order valence-corrected chi connectivity index (χ1v) is 5.45. The number of aromatic hydroxyl groups is 1. The molecule has 0 saturated carbocycles.